The highest BCUT2D eigenvalue weighted by molar-refractivity contribution is 7.07. The van der Waals surface area contributed by atoms with Crippen LogP contribution in [0.4, 0.5) is 5.82 Å². The smallest absolute Gasteiger partial charge is 0.150 e. The molecular weight excluding hydrogens is 332 g/mol. The van der Waals surface area contributed by atoms with Gasteiger partial charge in [0, 0.05) is 43.0 Å². The molecule has 25 heavy (non-hydrogen) atoms. The van der Waals surface area contributed by atoms with Crippen LogP contribution >= 0.6 is 11.3 Å². The van der Waals surface area contributed by atoms with Gasteiger partial charge in [-0.25, -0.2) is 15.0 Å². The number of aromatic nitrogens is 5. The van der Waals surface area contributed by atoms with Gasteiger partial charge in [-0.15, -0.1) is 11.3 Å². The fraction of sp³-hybridized carbons (Fsp3) is 0.444. The lowest BCUT2D eigenvalue weighted by atomic mass is 9.97. The molecule has 4 heterocycles. The molecule has 0 unspecified atom stereocenters. The zero-order valence-corrected chi connectivity index (χ0v) is 15.4. The third kappa shape index (κ3) is 3.42. The van der Waals surface area contributed by atoms with E-state index in [1.54, 1.807) is 11.3 Å². The highest BCUT2D eigenvalue weighted by Crippen LogP contribution is 2.29. The molecule has 0 amide bonds. The Hall–Kier alpha value is -2.28. The average molecular weight is 354 g/mol. The maximum atomic E-state index is 4.72. The van der Waals surface area contributed by atoms with Gasteiger partial charge in [0.15, 0.2) is 0 Å². The van der Waals surface area contributed by atoms with E-state index in [1.807, 2.05) is 31.8 Å². The number of anilines is 1. The molecule has 1 aliphatic rings. The van der Waals surface area contributed by atoms with Crippen molar-refractivity contribution in [3.8, 4) is 0 Å². The van der Waals surface area contributed by atoms with E-state index in [-0.39, 0.29) is 0 Å². The molecule has 1 saturated heterocycles. The summed E-state index contributed by atoms with van der Waals surface area (Å²) in [5, 5.41) is 2.10. The summed E-state index contributed by atoms with van der Waals surface area (Å²) in [4.78, 5) is 20.6. The summed E-state index contributed by atoms with van der Waals surface area (Å²) in [5.41, 5.74) is 4.94. The van der Waals surface area contributed by atoms with Crippen LogP contribution in [0, 0.1) is 13.8 Å². The summed E-state index contributed by atoms with van der Waals surface area (Å²) >= 11 is 1.64. The second kappa shape index (κ2) is 6.92. The molecule has 0 N–H and O–H groups in total. The number of rotatable bonds is 4. The normalized spacial score (nSPS) is 17.8. The van der Waals surface area contributed by atoms with Crippen molar-refractivity contribution in [2.45, 2.75) is 39.2 Å². The summed E-state index contributed by atoms with van der Waals surface area (Å²) in [6.07, 6.45) is 8.09. The molecule has 1 atom stereocenters. The van der Waals surface area contributed by atoms with E-state index >= 15 is 0 Å². The van der Waals surface area contributed by atoms with Crippen molar-refractivity contribution >= 4 is 17.2 Å². The molecule has 0 spiro atoms. The molecule has 130 valence electrons. The summed E-state index contributed by atoms with van der Waals surface area (Å²) in [5.74, 6) is 2.57. The second-order valence-electron chi connectivity index (χ2n) is 6.60. The fourth-order valence-corrected chi connectivity index (χ4v) is 4.06. The summed E-state index contributed by atoms with van der Waals surface area (Å²) in [7, 11) is 0. The Morgan fingerprint density at radius 3 is 3.00 bits per heavy atom. The number of imidazole rings is 1. The summed E-state index contributed by atoms with van der Waals surface area (Å²) in [6, 6.07) is 0. The molecule has 6 nitrogen and oxygen atoms in total. The van der Waals surface area contributed by atoms with Gasteiger partial charge in [0.25, 0.3) is 0 Å². The number of nitrogens with zero attached hydrogens (tertiary/aromatic N) is 6. The van der Waals surface area contributed by atoms with Gasteiger partial charge < -0.3 is 9.47 Å². The van der Waals surface area contributed by atoms with E-state index in [1.165, 1.54) is 0 Å². The van der Waals surface area contributed by atoms with Crippen molar-refractivity contribution in [2.75, 3.05) is 18.0 Å². The van der Waals surface area contributed by atoms with Gasteiger partial charge in [-0.1, -0.05) is 0 Å². The standard InChI is InChI=1S/C18H22N6S/c1-13-8-20-14(2)17(22-13)23-6-3-4-15(9-23)18-19-5-7-24(18)10-16-11-25-12-21-16/h5,7-8,11-12,15H,3-4,6,9-10H2,1-2H3/t15-/m0/s1. The third-order valence-electron chi connectivity index (χ3n) is 4.70. The first kappa shape index (κ1) is 16.2. The molecule has 4 rings (SSSR count). The van der Waals surface area contributed by atoms with Crippen molar-refractivity contribution in [1.82, 2.24) is 24.5 Å². The van der Waals surface area contributed by atoms with Crippen molar-refractivity contribution in [2.24, 2.45) is 0 Å². The fourth-order valence-electron chi connectivity index (χ4n) is 3.51. The van der Waals surface area contributed by atoms with E-state index in [2.05, 4.69) is 36.0 Å². The number of piperidine rings is 1. The van der Waals surface area contributed by atoms with Crippen LogP contribution in [0.1, 0.15) is 41.7 Å². The molecule has 3 aromatic heterocycles. The van der Waals surface area contributed by atoms with E-state index < -0.39 is 0 Å². The zero-order valence-electron chi connectivity index (χ0n) is 14.6. The Balaban J connectivity index is 1.56. The Bertz CT molecular complexity index is 841. The monoisotopic (exact) mass is 354 g/mol. The van der Waals surface area contributed by atoms with Crippen molar-refractivity contribution in [3.63, 3.8) is 0 Å². The van der Waals surface area contributed by atoms with Crippen LogP contribution in [0.2, 0.25) is 0 Å². The molecule has 1 aliphatic heterocycles. The molecule has 0 saturated carbocycles. The van der Waals surface area contributed by atoms with Crippen LogP contribution in [0.3, 0.4) is 0 Å². The molecule has 3 aromatic rings. The highest BCUT2D eigenvalue weighted by Gasteiger charge is 2.26. The van der Waals surface area contributed by atoms with Crippen LogP contribution < -0.4 is 4.90 Å². The van der Waals surface area contributed by atoms with Gasteiger partial charge in [-0.3, -0.25) is 4.98 Å². The van der Waals surface area contributed by atoms with Crippen LogP contribution in [-0.2, 0) is 6.54 Å². The number of thiazole rings is 1. The Morgan fingerprint density at radius 1 is 1.24 bits per heavy atom. The van der Waals surface area contributed by atoms with E-state index in [0.717, 1.165) is 61.2 Å². The van der Waals surface area contributed by atoms with Crippen molar-refractivity contribution in [3.05, 3.63) is 52.4 Å². The van der Waals surface area contributed by atoms with Crippen LogP contribution in [-0.4, -0.2) is 37.6 Å². The Labute approximate surface area is 151 Å². The van der Waals surface area contributed by atoms with Crippen molar-refractivity contribution < 1.29 is 0 Å². The Kier molecular flexibility index (Phi) is 4.48. The number of hydrogen-bond donors (Lipinski definition) is 0. The lowest BCUT2D eigenvalue weighted by molar-refractivity contribution is 0.472. The molecule has 1 fully saturated rings. The van der Waals surface area contributed by atoms with Gasteiger partial charge in [0.2, 0.25) is 0 Å². The molecule has 0 aromatic carbocycles. The quantitative estimate of drug-likeness (QED) is 0.720. The maximum absolute atomic E-state index is 4.72. The Morgan fingerprint density at radius 2 is 2.16 bits per heavy atom. The minimum atomic E-state index is 0.407. The first-order valence-electron chi connectivity index (χ1n) is 8.64. The first-order valence-corrected chi connectivity index (χ1v) is 9.58. The molecule has 0 bridgehead atoms. The van der Waals surface area contributed by atoms with E-state index in [4.69, 9.17) is 4.98 Å². The minimum absolute atomic E-state index is 0.407. The van der Waals surface area contributed by atoms with Crippen LogP contribution in [0.5, 0.6) is 0 Å². The second-order valence-corrected chi connectivity index (χ2v) is 7.32. The SMILES string of the molecule is Cc1cnc(C)c(N2CCC[C@H](c3nccn3Cc3cscn3)C2)n1. The predicted octanol–water partition coefficient (Wildman–Crippen LogP) is 3.18. The molecular formula is C18H22N6S. The lowest BCUT2D eigenvalue weighted by Crippen LogP contribution is -2.36. The molecule has 7 heteroatoms. The van der Waals surface area contributed by atoms with Crippen molar-refractivity contribution in [1.29, 1.82) is 0 Å². The van der Waals surface area contributed by atoms with E-state index in [0.29, 0.717) is 5.92 Å². The van der Waals surface area contributed by atoms with Gasteiger partial charge in [-0.05, 0) is 26.7 Å². The topological polar surface area (TPSA) is 59.7 Å². The summed E-state index contributed by atoms with van der Waals surface area (Å²) < 4.78 is 2.23. The average Bonchev–Trinajstić information content (AvgIpc) is 3.29. The summed E-state index contributed by atoms with van der Waals surface area (Å²) in [6.45, 7) is 6.79. The third-order valence-corrected chi connectivity index (χ3v) is 5.34. The van der Waals surface area contributed by atoms with Gasteiger partial charge >= 0.3 is 0 Å². The lowest BCUT2D eigenvalue weighted by Gasteiger charge is -2.34. The first-order chi connectivity index (χ1) is 12.2. The largest absolute Gasteiger partial charge is 0.354 e. The van der Waals surface area contributed by atoms with E-state index in [9.17, 15) is 0 Å². The van der Waals surface area contributed by atoms with Gasteiger partial charge in [-0.2, -0.15) is 0 Å². The van der Waals surface area contributed by atoms with Gasteiger partial charge in [0.05, 0.1) is 29.1 Å². The van der Waals surface area contributed by atoms with Crippen LogP contribution in [0.15, 0.2) is 29.5 Å². The zero-order chi connectivity index (χ0) is 17.2. The maximum Gasteiger partial charge on any atom is 0.150 e. The van der Waals surface area contributed by atoms with Gasteiger partial charge in [0.1, 0.15) is 11.6 Å². The molecule has 0 radical (unpaired) electrons. The van der Waals surface area contributed by atoms with Crippen LogP contribution in [0.25, 0.3) is 0 Å². The number of hydrogen-bond acceptors (Lipinski definition) is 6. The predicted molar refractivity (Wildman–Crippen MR) is 99.1 cm³/mol. The number of aryl methyl sites for hydroxylation is 2. The minimum Gasteiger partial charge on any atom is -0.354 e. The molecule has 0 aliphatic carbocycles. The highest BCUT2D eigenvalue weighted by atomic mass is 32.1.